The number of carbonyl (C=O) groups excluding carboxylic acids is 3. The lowest BCUT2D eigenvalue weighted by atomic mass is 9.98. The Labute approximate surface area is 131 Å². The van der Waals surface area contributed by atoms with Crippen LogP contribution in [0, 0.1) is 11.3 Å². The van der Waals surface area contributed by atoms with Crippen molar-refractivity contribution in [2.24, 2.45) is 5.92 Å². The standard InChI is InChI=1S/C14H14ClN3O4/c1-17-12(19)11(13(20)18(2)14(17)21)10(16)7-22-9-5-3-4-8(15)6-9/h3-6,11,16H,7H2,1-2H3. The number of urea groups is 1. The molecule has 1 heterocycles. The fourth-order valence-corrected chi connectivity index (χ4v) is 2.19. The fourth-order valence-electron chi connectivity index (χ4n) is 2.01. The minimum absolute atomic E-state index is 0.221. The first-order chi connectivity index (χ1) is 10.3. The van der Waals surface area contributed by atoms with Crippen LogP contribution in [-0.2, 0) is 9.59 Å². The molecule has 1 aromatic carbocycles. The highest BCUT2D eigenvalue weighted by Gasteiger charge is 2.44. The van der Waals surface area contributed by atoms with Crippen molar-refractivity contribution in [3.8, 4) is 5.75 Å². The maximum absolute atomic E-state index is 12.0. The van der Waals surface area contributed by atoms with Gasteiger partial charge in [0.15, 0.2) is 5.92 Å². The number of carbonyl (C=O) groups is 3. The second kappa shape index (κ2) is 6.15. The molecule has 4 amide bonds. The number of ether oxygens (including phenoxy) is 1. The molecule has 1 aliphatic heterocycles. The predicted octanol–water partition coefficient (Wildman–Crippen LogP) is 1.41. The maximum atomic E-state index is 12.0. The second-order valence-corrected chi connectivity index (χ2v) is 5.22. The molecule has 2 rings (SSSR count). The molecule has 0 spiro atoms. The second-order valence-electron chi connectivity index (χ2n) is 4.78. The summed E-state index contributed by atoms with van der Waals surface area (Å²) in [5.41, 5.74) is -0.221. The van der Waals surface area contributed by atoms with E-state index in [-0.39, 0.29) is 12.3 Å². The van der Waals surface area contributed by atoms with Gasteiger partial charge in [-0.25, -0.2) is 4.79 Å². The van der Waals surface area contributed by atoms with Crippen LogP contribution >= 0.6 is 11.6 Å². The van der Waals surface area contributed by atoms with Crippen molar-refractivity contribution in [1.29, 1.82) is 5.41 Å². The first kappa shape index (κ1) is 16.0. The summed E-state index contributed by atoms with van der Waals surface area (Å²) in [4.78, 5) is 37.3. The van der Waals surface area contributed by atoms with Crippen molar-refractivity contribution >= 4 is 35.2 Å². The van der Waals surface area contributed by atoms with Gasteiger partial charge in [0.1, 0.15) is 12.4 Å². The van der Waals surface area contributed by atoms with Crippen LogP contribution < -0.4 is 4.74 Å². The van der Waals surface area contributed by atoms with Crippen molar-refractivity contribution in [2.45, 2.75) is 0 Å². The molecule has 116 valence electrons. The zero-order chi connectivity index (χ0) is 16.4. The van der Waals surface area contributed by atoms with Crippen LogP contribution in [0.15, 0.2) is 24.3 Å². The highest BCUT2D eigenvalue weighted by atomic mass is 35.5. The Kier molecular flexibility index (Phi) is 4.46. The summed E-state index contributed by atoms with van der Waals surface area (Å²) in [5, 5.41) is 8.40. The van der Waals surface area contributed by atoms with E-state index in [0.29, 0.717) is 10.8 Å². The summed E-state index contributed by atoms with van der Waals surface area (Å²) in [6.45, 7) is -0.252. The molecule has 0 aliphatic carbocycles. The Hall–Kier alpha value is -2.41. The molecule has 0 bridgehead atoms. The average molecular weight is 324 g/mol. The molecule has 0 atom stereocenters. The molecule has 1 aromatic rings. The SMILES string of the molecule is CN1C(=O)C(C(=N)COc2cccc(Cl)c2)C(=O)N(C)C1=O. The molecule has 7 nitrogen and oxygen atoms in total. The Bertz CT molecular complexity index is 637. The van der Waals surface area contributed by atoms with Crippen molar-refractivity contribution < 1.29 is 19.1 Å². The molecule has 8 heteroatoms. The highest BCUT2D eigenvalue weighted by molar-refractivity contribution is 6.30. The largest absolute Gasteiger partial charge is 0.488 e. The smallest absolute Gasteiger partial charge is 0.332 e. The first-order valence-corrected chi connectivity index (χ1v) is 6.75. The summed E-state index contributed by atoms with van der Waals surface area (Å²) in [6, 6.07) is 5.84. The van der Waals surface area contributed by atoms with Gasteiger partial charge >= 0.3 is 6.03 Å². The number of nitrogens with one attached hydrogen (secondary N) is 1. The van der Waals surface area contributed by atoms with Gasteiger partial charge in [0, 0.05) is 19.1 Å². The third kappa shape index (κ3) is 2.94. The zero-order valence-electron chi connectivity index (χ0n) is 12.0. The minimum Gasteiger partial charge on any atom is -0.488 e. The van der Waals surface area contributed by atoms with E-state index in [1.165, 1.54) is 14.1 Å². The number of imide groups is 2. The number of barbiturate groups is 1. The molecule has 1 aliphatic rings. The van der Waals surface area contributed by atoms with E-state index in [0.717, 1.165) is 9.80 Å². The zero-order valence-corrected chi connectivity index (χ0v) is 12.8. The van der Waals surface area contributed by atoms with Gasteiger partial charge in [0.05, 0.1) is 5.71 Å². The van der Waals surface area contributed by atoms with E-state index in [9.17, 15) is 14.4 Å². The summed E-state index contributed by atoms with van der Waals surface area (Å²) in [7, 11) is 2.54. The van der Waals surface area contributed by atoms with Crippen LogP contribution in [0.25, 0.3) is 0 Å². The molecule has 0 aromatic heterocycles. The topological polar surface area (TPSA) is 90.8 Å². The van der Waals surface area contributed by atoms with Crippen LogP contribution in [-0.4, -0.2) is 54.1 Å². The van der Waals surface area contributed by atoms with Gasteiger partial charge in [-0.1, -0.05) is 17.7 Å². The maximum Gasteiger partial charge on any atom is 0.332 e. The monoisotopic (exact) mass is 323 g/mol. The molecule has 1 N–H and O–H groups in total. The van der Waals surface area contributed by atoms with Gasteiger partial charge in [-0.05, 0) is 18.2 Å². The average Bonchev–Trinajstić information content (AvgIpc) is 2.49. The summed E-state index contributed by atoms with van der Waals surface area (Å²) in [5.74, 6) is -2.38. The van der Waals surface area contributed by atoms with E-state index in [4.69, 9.17) is 21.7 Å². The molecule has 1 saturated heterocycles. The van der Waals surface area contributed by atoms with Gasteiger partial charge in [0.25, 0.3) is 0 Å². The molecule has 0 unspecified atom stereocenters. The molecule has 22 heavy (non-hydrogen) atoms. The van der Waals surface area contributed by atoms with Crippen molar-refractivity contribution in [2.75, 3.05) is 20.7 Å². The molecular weight excluding hydrogens is 310 g/mol. The number of halogens is 1. The van der Waals surface area contributed by atoms with Crippen molar-refractivity contribution in [3.05, 3.63) is 29.3 Å². The molecule has 0 radical (unpaired) electrons. The van der Waals surface area contributed by atoms with E-state index in [2.05, 4.69) is 0 Å². The summed E-state index contributed by atoms with van der Waals surface area (Å²) in [6.07, 6.45) is 0. The third-order valence-electron chi connectivity index (χ3n) is 3.27. The van der Waals surface area contributed by atoms with Crippen LogP contribution in [0.2, 0.25) is 5.02 Å². The highest BCUT2D eigenvalue weighted by Crippen LogP contribution is 2.19. The minimum atomic E-state index is -1.34. The lowest BCUT2D eigenvalue weighted by Gasteiger charge is -2.32. The van der Waals surface area contributed by atoms with Gasteiger partial charge in [-0.3, -0.25) is 19.4 Å². The fraction of sp³-hybridized carbons (Fsp3) is 0.286. The van der Waals surface area contributed by atoms with E-state index < -0.39 is 23.8 Å². The van der Waals surface area contributed by atoms with Crippen LogP contribution in [0.4, 0.5) is 4.79 Å². The van der Waals surface area contributed by atoms with Gasteiger partial charge in [-0.2, -0.15) is 0 Å². The Morgan fingerprint density at radius 3 is 2.36 bits per heavy atom. The Morgan fingerprint density at radius 2 is 1.82 bits per heavy atom. The number of nitrogens with zero attached hydrogens (tertiary/aromatic N) is 2. The van der Waals surface area contributed by atoms with E-state index >= 15 is 0 Å². The van der Waals surface area contributed by atoms with Crippen LogP contribution in [0.1, 0.15) is 0 Å². The summed E-state index contributed by atoms with van der Waals surface area (Å²) >= 11 is 5.82. The summed E-state index contributed by atoms with van der Waals surface area (Å²) < 4.78 is 5.36. The van der Waals surface area contributed by atoms with Crippen molar-refractivity contribution in [3.63, 3.8) is 0 Å². The van der Waals surface area contributed by atoms with Gasteiger partial charge < -0.3 is 10.1 Å². The molecule has 1 fully saturated rings. The van der Waals surface area contributed by atoms with Gasteiger partial charge in [0.2, 0.25) is 11.8 Å². The number of rotatable bonds is 4. The normalized spacial score (nSPS) is 16.2. The quantitative estimate of drug-likeness (QED) is 0.670. The molecule has 0 saturated carbocycles. The van der Waals surface area contributed by atoms with Crippen molar-refractivity contribution in [1.82, 2.24) is 9.80 Å². The van der Waals surface area contributed by atoms with E-state index in [1.807, 2.05) is 0 Å². The third-order valence-corrected chi connectivity index (χ3v) is 3.50. The number of hydrogen-bond acceptors (Lipinski definition) is 5. The lowest BCUT2D eigenvalue weighted by Crippen LogP contribution is -2.59. The van der Waals surface area contributed by atoms with E-state index in [1.54, 1.807) is 24.3 Å². The first-order valence-electron chi connectivity index (χ1n) is 6.37. The molecular formula is C14H14ClN3O4. The number of hydrogen-bond donors (Lipinski definition) is 1. The Balaban J connectivity index is 2.09. The number of benzene rings is 1. The predicted molar refractivity (Wildman–Crippen MR) is 79.1 cm³/mol. The lowest BCUT2D eigenvalue weighted by molar-refractivity contribution is -0.144. The Morgan fingerprint density at radius 1 is 1.23 bits per heavy atom. The number of amides is 4. The van der Waals surface area contributed by atoms with Crippen LogP contribution in [0.3, 0.4) is 0 Å². The van der Waals surface area contributed by atoms with Gasteiger partial charge in [-0.15, -0.1) is 0 Å². The van der Waals surface area contributed by atoms with Crippen LogP contribution in [0.5, 0.6) is 5.75 Å².